The topological polar surface area (TPSA) is 33.1 Å². The molecule has 1 aliphatic heterocycles. The van der Waals surface area contributed by atoms with Gasteiger partial charge in [0, 0.05) is 39.5 Å². The van der Waals surface area contributed by atoms with Gasteiger partial charge in [0.1, 0.15) is 0 Å². The molecule has 0 saturated carbocycles. The van der Waals surface area contributed by atoms with Gasteiger partial charge in [0.2, 0.25) is 0 Å². The van der Waals surface area contributed by atoms with Crippen LogP contribution < -0.4 is 10.2 Å². The van der Waals surface area contributed by atoms with Crippen LogP contribution in [0.4, 0.5) is 5.69 Å². The quantitative estimate of drug-likeness (QED) is 0.338. The Hall–Kier alpha value is -3.15. The zero-order valence-electron chi connectivity index (χ0n) is 18.8. The van der Waals surface area contributed by atoms with Gasteiger partial charge in [-0.1, -0.05) is 41.9 Å². The van der Waals surface area contributed by atoms with E-state index in [-0.39, 0.29) is 12.1 Å². The van der Waals surface area contributed by atoms with Crippen molar-refractivity contribution in [2.24, 2.45) is 0 Å². The summed E-state index contributed by atoms with van der Waals surface area (Å²) in [7, 11) is 0. The highest BCUT2D eigenvalue weighted by atomic mass is 35.5. The highest BCUT2D eigenvalue weighted by Gasteiger charge is 2.43. The molecular formula is C27H25ClN4S. The number of benzene rings is 2. The molecule has 2 atom stereocenters. The second kappa shape index (κ2) is 8.65. The van der Waals surface area contributed by atoms with E-state index >= 15 is 0 Å². The first-order chi connectivity index (χ1) is 16.0. The molecule has 3 heterocycles. The molecule has 0 radical (unpaired) electrons. The lowest BCUT2D eigenvalue weighted by Gasteiger charge is -2.29. The summed E-state index contributed by atoms with van der Waals surface area (Å²) in [6.45, 7) is 6.53. The van der Waals surface area contributed by atoms with Crippen molar-refractivity contribution in [2.75, 3.05) is 4.90 Å². The highest BCUT2D eigenvalue weighted by Crippen LogP contribution is 2.45. The number of aromatic nitrogens is 2. The maximum absolute atomic E-state index is 6.34. The first-order valence-electron chi connectivity index (χ1n) is 11.0. The smallest absolute Gasteiger partial charge is 0.174 e. The van der Waals surface area contributed by atoms with Gasteiger partial charge in [-0.3, -0.25) is 4.98 Å². The molecule has 1 fully saturated rings. The van der Waals surface area contributed by atoms with Crippen LogP contribution >= 0.6 is 23.8 Å². The summed E-state index contributed by atoms with van der Waals surface area (Å²) in [6, 6.07) is 24.2. The Morgan fingerprint density at radius 1 is 0.879 bits per heavy atom. The van der Waals surface area contributed by atoms with Gasteiger partial charge in [0.05, 0.1) is 17.8 Å². The van der Waals surface area contributed by atoms with Crippen LogP contribution in [0.15, 0.2) is 79.0 Å². The number of thiocarbonyl (C=S) groups is 1. The highest BCUT2D eigenvalue weighted by molar-refractivity contribution is 7.80. The van der Waals surface area contributed by atoms with Crippen molar-refractivity contribution in [3.63, 3.8) is 0 Å². The van der Waals surface area contributed by atoms with Gasteiger partial charge in [-0.15, -0.1) is 0 Å². The predicted octanol–water partition coefficient (Wildman–Crippen LogP) is 6.63. The summed E-state index contributed by atoms with van der Waals surface area (Å²) in [4.78, 5) is 6.91. The standard InChI is InChI=1S/C27H25ClN4S/c1-17-18(2)31(22-13-9-10-20(28)16-22)19(3)24(17)26-25(23-14-7-8-15-29-23)30-27(33)32(26)21-11-5-4-6-12-21/h4-16,25-26H,1-3H3,(H,30,33)/t25-,26+/m1/s1. The van der Waals surface area contributed by atoms with E-state index in [1.807, 2.05) is 54.7 Å². The Morgan fingerprint density at radius 2 is 1.61 bits per heavy atom. The molecule has 1 aliphatic rings. The Balaban J connectivity index is 1.73. The summed E-state index contributed by atoms with van der Waals surface area (Å²) in [5.41, 5.74) is 7.94. The van der Waals surface area contributed by atoms with Gasteiger partial charge in [0.15, 0.2) is 5.11 Å². The molecule has 6 heteroatoms. The van der Waals surface area contributed by atoms with Crippen molar-refractivity contribution in [3.8, 4) is 5.69 Å². The minimum Gasteiger partial charge on any atom is -0.351 e. The van der Waals surface area contributed by atoms with Crippen LogP contribution in [0.25, 0.3) is 5.69 Å². The third-order valence-corrected chi connectivity index (χ3v) is 7.05. The summed E-state index contributed by atoms with van der Waals surface area (Å²) in [5.74, 6) is 0. The Labute approximate surface area is 204 Å². The Kier molecular flexibility index (Phi) is 5.69. The lowest BCUT2D eigenvalue weighted by Crippen LogP contribution is -2.29. The maximum atomic E-state index is 6.34. The molecule has 0 unspecified atom stereocenters. The van der Waals surface area contributed by atoms with Crippen molar-refractivity contribution >= 4 is 34.6 Å². The lowest BCUT2D eigenvalue weighted by atomic mass is 9.93. The van der Waals surface area contributed by atoms with Gasteiger partial charge in [-0.2, -0.15) is 0 Å². The number of halogens is 1. The maximum Gasteiger partial charge on any atom is 0.174 e. The molecule has 1 saturated heterocycles. The number of rotatable bonds is 4. The van der Waals surface area contributed by atoms with E-state index in [0.717, 1.165) is 22.1 Å². The largest absolute Gasteiger partial charge is 0.351 e. The molecule has 4 nitrogen and oxygen atoms in total. The number of hydrogen-bond acceptors (Lipinski definition) is 2. The van der Waals surface area contributed by atoms with Crippen LogP contribution in [0.5, 0.6) is 0 Å². The monoisotopic (exact) mass is 472 g/mol. The molecule has 4 aromatic rings. The fourth-order valence-corrected chi connectivity index (χ4v) is 5.49. The van der Waals surface area contributed by atoms with E-state index in [9.17, 15) is 0 Å². The van der Waals surface area contributed by atoms with Gasteiger partial charge >= 0.3 is 0 Å². The van der Waals surface area contributed by atoms with E-state index in [1.165, 1.54) is 22.5 Å². The molecule has 0 spiro atoms. The lowest BCUT2D eigenvalue weighted by molar-refractivity contribution is 0.563. The zero-order chi connectivity index (χ0) is 23.1. The molecule has 33 heavy (non-hydrogen) atoms. The van der Waals surface area contributed by atoms with E-state index in [0.29, 0.717) is 5.11 Å². The number of anilines is 1. The zero-order valence-corrected chi connectivity index (χ0v) is 20.4. The van der Waals surface area contributed by atoms with Crippen molar-refractivity contribution in [2.45, 2.75) is 32.9 Å². The van der Waals surface area contributed by atoms with Crippen LogP contribution in [0, 0.1) is 20.8 Å². The van der Waals surface area contributed by atoms with Crippen molar-refractivity contribution in [1.29, 1.82) is 0 Å². The third kappa shape index (κ3) is 3.71. The Bertz CT molecular complexity index is 1320. The number of nitrogens with one attached hydrogen (secondary N) is 1. The average molecular weight is 473 g/mol. The van der Waals surface area contributed by atoms with Gasteiger partial charge < -0.3 is 14.8 Å². The minimum atomic E-state index is -0.0779. The molecule has 166 valence electrons. The third-order valence-electron chi connectivity index (χ3n) is 6.50. The second-order valence-corrected chi connectivity index (χ2v) is 9.18. The molecular weight excluding hydrogens is 448 g/mol. The average Bonchev–Trinajstić information content (AvgIpc) is 3.27. The summed E-state index contributed by atoms with van der Waals surface area (Å²) in [5, 5.41) is 4.99. The molecule has 0 aliphatic carbocycles. The number of para-hydroxylation sites is 1. The summed E-state index contributed by atoms with van der Waals surface area (Å²) in [6.07, 6.45) is 1.84. The van der Waals surface area contributed by atoms with E-state index in [2.05, 4.69) is 64.8 Å². The molecule has 0 amide bonds. The first kappa shape index (κ1) is 21.7. The van der Waals surface area contributed by atoms with Crippen LogP contribution in [0.3, 0.4) is 0 Å². The normalized spacial score (nSPS) is 17.9. The number of pyridine rings is 1. The SMILES string of the molecule is Cc1c([C@H]2[C@@H](c3ccccn3)NC(=S)N2c2ccccc2)c(C)n(-c2cccc(Cl)c2)c1C. The summed E-state index contributed by atoms with van der Waals surface area (Å²) >= 11 is 12.2. The molecule has 0 bridgehead atoms. The van der Waals surface area contributed by atoms with Crippen LogP contribution in [0.2, 0.25) is 5.02 Å². The fraction of sp³-hybridized carbons (Fsp3) is 0.185. The van der Waals surface area contributed by atoms with Gasteiger partial charge in [-0.05, 0) is 81.0 Å². The van der Waals surface area contributed by atoms with Crippen LogP contribution in [-0.4, -0.2) is 14.7 Å². The van der Waals surface area contributed by atoms with E-state index in [4.69, 9.17) is 23.8 Å². The van der Waals surface area contributed by atoms with E-state index < -0.39 is 0 Å². The minimum absolute atomic E-state index is 0.0473. The van der Waals surface area contributed by atoms with E-state index in [1.54, 1.807) is 0 Å². The number of nitrogens with zero attached hydrogens (tertiary/aromatic N) is 3. The number of hydrogen-bond donors (Lipinski definition) is 1. The van der Waals surface area contributed by atoms with Gasteiger partial charge in [0.25, 0.3) is 0 Å². The van der Waals surface area contributed by atoms with Gasteiger partial charge in [-0.25, -0.2) is 0 Å². The van der Waals surface area contributed by atoms with Crippen LogP contribution in [0.1, 0.15) is 40.3 Å². The Morgan fingerprint density at radius 3 is 2.30 bits per heavy atom. The summed E-state index contributed by atoms with van der Waals surface area (Å²) < 4.78 is 2.29. The predicted molar refractivity (Wildman–Crippen MR) is 139 cm³/mol. The second-order valence-electron chi connectivity index (χ2n) is 8.36. The molecule has 5 rings (SSSR count). The van der Waals surface area contributed by atoms with Crippen molar-refractivity contribution < 1.29 is 0 Å². The molecule has 2 aromatic heterocycles. The van der Waals surface area contributed by atoms with Crippen LogP contribution in [-0.2, 0) is 0 Å². The van der Waals surface area contributed by atoms with Crippen molar-refractivity contribution in [3.05, 3.63) is 112 Å². The van der Waals surface area contributed by atoms with Crippen molar-refractivity contribution in [1.82, 2.24) is 14.9 Å². The fourth-order valence-electron chi connectivity index (χ4n) is 4.96. The molecule has 1 N–H and O–H groups in total. The molecule has 2 aromatic carbocycles. The first-order valence-corrected chi connectivity index (χ1v) is 11.8.